The quantitative estimate of drug-likeness (QED) is 0.838. The van der Waals surface area contributed by atoms with Crippen LogP contribution in [0.4, 0.5) is 5.69 Å². The number of anilines is 1. The first-order valence-electron chi connectivity index (χ1n) is 6.48. The molecule has 2 unspecified atom stereocenters. The van der Waals surface area contributed by atoms with Crippen molar-refractivity contribution in [2.45, 2.75) is 44.2 Å². The van der Waals surface area contributed by atoms with Crippen LogP contribution >= 0.6 is 15.9 Å². The van der Waals surface area contributed by atoms with Gasteiger partial charge >= 0.3 is 0 Å². The van der Waals surface area contributed by atoms with Crippen molar-refractivity contribution in [1.29, 1.82) is 0 Å². The van der Waals surface area contributed by atoms with Gasteiger partial charge in [-0.1, -0.05) is 35.2 Å². The molecule has 0 saturated heterocycles. The van der Waals surface area contributed by atoms with E-state index < -0.39 is 0 Å². The Morgan fingerprint density at radius 1 is 1.22 bits per heavy atom. The molecule has 0 spiro atoms. The highest BCUT2D eigenvalue weighted by Gasteiger charge is 2.21. The van der Waals surface area contributed by atoms with Crippen molar-refractivity contribution in [3.05, 3.63) is 22.7 Å². The summed E-state index contributed by atoms with van der Waals surface area (Å²) in [5, 5.41) is 13.5. The second kappa shape index (κ2) is 6.43. The number of halogens is 1. The lowest BCUT2D eigenvalue weighted by Gasteiger charge is -2.23. The van der Waals surface area contributed by atoms with Crippen molar-refractivity contribution >= 4 is 21.6 Å². The van der Waals surface area contributed by atoms with E-state index in [-0.39, 0.29) is 12.1 Å². The predicted octanol–water partition coefficient (Wildman–Crippen LogP) is 3.56. The predicted molar refractivity (Wildman–Crippen MR) is 77.2 cm³/mol. The Hall–Kier alpha value is -0.740. The molecule has 0 amide bonds. The Bertz CT molecular complexity index is 397. The number of ether oxygens (including phenoxy) is 1. The van der Waals surface area contributed by atoms with Gasteiger partial charge in [-0.2, -0.15) is 0 Å². The van der Waals surface area contributed by atoms with Crippen molar-refractivity contribution in [3.8, 4) is 5.75 Å². The second-order valence-electron chi connectivity index (χ2n) is 4.84. The maximum absolute atomic E-state index is 10.1. The van der Waals surface area contributed by atoms with E-state index in [1.165, 1.54) is 12.8 Å². The summed E-state index contributed by atoms with van der Waals surface area (Å²) >= 11 is 3.47. The highest BCUT2D eigenvalue weighted by molar-refractivity contribution is 9.10. The molecule has 100 valence electrons. The highest BCUT2D eigenvalue weighted by Crippen LogP contribution is 2.27. The summed E-state index contributed by atoms with van der Waals surface area (Å²) in [5.41, 5.74) is 0.993. The minimum atomic E-state index is -0.252. The van der Waals surface area contributed by atoms with Crippen LogP contribution in [0.1, 0.15) is 32.1 Å². The number of aliphatic hydroxyl groups is 1. The van der Waals surface area contributed by atoms with Gasteiger partial charge in [0.25, 0.3) is 0 Å². The molecule has 0 radical (unpaired) electrons. The molecule has 4 heteroatoms. The van der Waals surface area contributed by atoms with Gasteiger partial charge in [-0.05, 0) is 25.0 Å². The maximum atomic E-state index is 10.1. The van der Waals surface area contributed by atoms with Gasteiger partial charge in [0.2, 0.25) is 0 Å². The fourth-order valence-corrected chi connectivity index (χ4v) is 2.91. The first-order valence-corrected chi connectivity index (χ1v) is 7.27. The summed E-state index contributed by atoms with van der Waals surface area (Å²) in [5.74, 6) is 0.815. The van der Waals surface area contributed by atoms with Crippen LogP contribution in [-0.2, 0) is 0 Å². The largest absolute Gasteiger partial charge is 0.497 e. The summed E-state index contributed by atoms with van der Waals surface area (Å²) in [4.78, 5) is 0. The molecule has 1 aromatic rings. The Labute approximate surface area is 117 Å². The molecule has 3 nitrogen and oxygen atoms in total. The first kappa shape index (κ1) is 13.7. The van der Waals surface area contributed by atoms with Crippen molar-refractivity contribution < 1.29 is 9.84 Å². The van der Waals surface area contributed by atoms with Gasteiger partial charge in [0.15, 0.2) is 0 Å². The molecular formula is C14H20BrNO2. The average Bonchev–Trinajstić information content (AvgIpc) is 2.54. The summed E-state index contributed by atoms with van der Waals surface area (Å²) in [7, 11) is 1.66. The molecule has 18 heavy (non-hydrogen) atoms. The van der Waals surface area contributed by atoms with Crippen molar-refractivity contribution in [3.63, 3.8) is 0 Å². The number of rotatable bonds is 3. The van der Waals surface area contributed by atoms with Crippen LogP contribution < -0.4 is 10.1 Å². The first-order chi connectivity index (χ1) is 8.69. The Morgan fingerprint density at radius 2 is 2.00 bits per heavy atom. The molecule has 0 aliphatic heterocycles. The number of methoxy groups -OCH3 is 1. The zero-order chi connectivity index (χ0) is 13.0. The van der Waals surface area contributed by atoms with Crippen LogP contribution in [0, 0.1) is 0 Å². The van der Waals surface area contributed by atoms with Crippen molar-refractivity contribution in [1.82, 2.24) is 0 Å². The van der Waals surface area contributed by atoms with E-state index in [4.69, 9.17) is 4.74 Å². The number of nitrogens with one attached hydrogen (secondary N) is 1. The van der Waals surface area contributed by atoms with E-state index in [2.05, 4.69) is 21.2 Å². The van der Waals surface area contributed by atoms with E-state index in [0.29, 0.717) is 0 Å². The summed E-state index contributed by atoms with van der Waals surface area (Å²) in [6.07, 6.45) is 5.19. The lowest BCUT2D eigenvalue weighted by atomic mass is 10.1. The van der Waals surface area contributed by atoms with Crippen molar-refractivity contribution in [2.24, 2.45) is 0 Å². The fourth-order valence-electron chi connectivity index (χ4n) is 2.43. The molecular weight excluding hydrogens is 294 g/mol. The normalized spacial score (nSPS) is 24.4. The SMILES string of the molecule is COc1cc(Br)cc(NC2CCCCCC2O)c1. The molecule has 1 aromatic carbocycles. The van der Waals surface area contributed by atoms with E-state index in [1.54, 1.807) is 7.11 Å². The van der Waals surface area contributed by atoms with Crippen LogP contribution in [0.25, 0.3) is 0 Å². The summed E-state index contributed by atoms with van der Waals surface area (Å²) < 4.78 is 6.22. The lowest BCUT2D eigenvalue weighted by molar-refractivity contribution is 0.144. The third-order valence-electron chi connectivity index (χ3n) is 3.44. The van der Waals surface area contributed by atoms with Crippen LogP contribution in [0.2, 0.25) is 0 Å². The van der Waals surface area contributed by atoms with Gasteiger partial charge in [-0.15, -0.1) is 0 Å². The van der Waals surface area contributed by atoms with Crippen LogP contribution in [0.15, 0.2) is 22.7 Å². The van der Waals surface area contributed by atoms with Crippen LogP contribution in [0.5, 0.6) is 5.75 Å². The minimum absolute atomic E-state index is 0.145. The second-order valence-corrected chi connectivity index (χ2v) is 5.75. The Kier molecular flexibility index (Phi) is 4.89. The van der Waals surface area contributed by atoms with Crippen LogP contribution in [-0.4, -0.2) is 24.4 Å². The number of hydrogen-bond acceptors (Lipinski definition) is 3. The monoisotopic (exact) mass is 313 g/mol. The number of aliphatic hydroxyl groups excluding tert-OH is 1. The Balaban J connectivity index is 2.09. The molecule has 0 bridgehead atoms. The molecule has 1 fully saturated rings. The molecule has 1 saturated carbocycles. The van der Waals surface area contributed by atoms with Crippen molar-refractivity contribution in [2.75, 3.05) is 12.4 Å². The van der Waals surface area contributed by atoms with Gasteiger partial charge < -0.3 is 15.2 Å². The number of benzene rings is 1. The zero-order valence-electron chi connectivity index (χ0n) is 10.7. The molecule has 0 aromatic heterocycles. The topological polar surface area (TPSA) is 41.5 Å². The van der Waals surface area contributed by atoms with E-state index in [1.807, 2.05) is 18.2 Å². The standard InChI is InChI=1S/C14H20BrNO2/c1-18-12-8-10(15)7-11(9-12)16-13-5-3-2-4-6-14(13)17/h7-9,13-14,16-17H,2-6H2,1H3. The molecule has 2 N–H and O–H groups in total. The maximum Gasteiger partial charge on any atom is 0.122 e. The van der Waals surface area contributed by atoms with Crippen LogP contribution in [0.3, 0.4) is 0 Å². The van der Waals surface area contributed by atoms with E-state index >= 15 is 0 Å². The van der Waals surface area contributed by atoms with Gasteiger partial charge in [0, 0.05) is 16.2 Å². The third kappa shape index (κ3) is 3.62. The molecule has 0 heterocycles. The zero-order valence-corrected chi connectivity index (χ0v) is 12.2. The van der Waals surface area contributed by atoms with Gasteiger partial charge in [0.05, 0.1) is 19.3 Å². The minimum Gasteiger partial charge on any atom is -0.497 e. The Morgan fingerprint density at radius 3 is 2.78 bits per heavy atom. The van der Waals surface area contributed by atoms with Gasteiger partial charge in [-0.3, -0.25) is 0 Å². The smallest absolute Gasteiger partial charge is 0.122 e. The van der Waals surface area contributed by atoms with E-state index in [0.717, 1.165) is 35.2 Å². The third-order valence-corrected chi connectivity index (χ3v) is 3.90. The van der Waals surface area contributed by atoms with Gasteiger partial charge in [-0.25, -0.2) is 0 Å². The molecule has 1 aliphatic carbocycles. The van der Waals surface area contributed by atoms with E-state index in [9.17, 15) is 5.11 Å². The number of hydrogen-bond donors (Lipinski definition) is 2. The van der Waals surface area contributed by atoms with Gasteiger partial charge in [0.1, 0.15) is 5.75 Å². The highest BCUT2D eigenvalue weighted by atomic mass is 79.9. The fraction of sp³-hybridized carbons (Fsp3) is 0.571. The molecule has 2 atom stereocenters. The lowest BCUT2D eigenvalue weighted by Crippen LogP contribution is -2.32. The molecule has 2 rings (SSSR count). The molecule has 1 aliphatic rings. The summed E-state index contributed by atoms with van der Waals surface area (Å²) in [6, 6.07) is 6.04. The summed E-state index contributed by atoms with van der Waals surface area (Å²) in [6.45, 7) is 0. The average molecular weight is 314 g/mol.